The maximum absolute atomic E-state index is 11.4. The Bertz CT molecular complexity index is 518. The van der Waals surface area contributed by atoms with Gasteiger partial charge < -0.3 is 0 Å². The van der Waals surface area contributed by atoms with Crippen molar-refractivity contribution in [3.8, 4) is 0 Å². The van der Waals surface area contributed by atoms with E-state index < -0.39 is 0 Å². The van der Waals surface area contributed by atoms with Crippen LogP contribution in [-0.4, -0.2) is 9.38 Å². The lowest BCUT2D eigenvalue weighted by Crippen LogP contribution is -2.13. The molecule has 0 spiro atoms. The van der Waals surface area contributed by atoms with Crippen LogP contribution in [0.25, 0.3) is 5.65 Å². The zero-order valence-electron chi connectivity index (χ0n) is 6.99. The molecule has 0 aromatic carbocycles. The number of aryl methyl sites for hydroxylation is 1. The highest BCUT2D eigenvalue weighted by atomic mass is 35.5. The highest BCUT2D eigenvalue weighted by molar-refractivity contribution is 6.29. The molecule has 0 aliphatic heterocycles. The molecule has 0 N–H and O–H groups in total. The van der Waals surface area contributed by atoms with Crippen LogP contribution in [0.1, 0.15) is 5.56 Å². The Morgan fingerprint density at radius 3 is 3.00 bits per heavy atom. The fourth-order valence-electron chi connectivity index (χ4n) is 1.18. The third kappa shape index (κ3) is 1.42. The van der Waals surface area contributed by atoms with E-state index in [1.54, 1.807) is 12.3 Å². The quantitative estimate of drug-likeness (QED) is 0.598. The van der Waals surface area contributed by atoms with Crippen LogP contribution < -0.4 is 5.56 Å². The first kappa shape index (κ1) is 8.26. The van der Waals surface area contributed by atoms with Crippen molar-refractivity contribution >= 4 is 17.2 Å². The first-order valence-electron chi connectivity index (χ1n) is 3.82. The predicted octanol–water partition coefficient (Wildman–Crippen LogP) is 1.66. The molecule has 0 radical (unpaired) electrons. The van der Waals surface area contributed by atoms with Gasteiger partial charge in [-0.2, -0.15) is 0 Å². The minimum Gasteiger partial charge on any atom is -0.269 e. The standard InChI is InChI=1S/C9H7ClN2O/c1-6-2-3-8-11-7(10)4-9(13)12(8)5-6/h2-5H,1H3. The third-order valence-electron chi connectivity index (χ3n) is 1.78. The van der Waals surface area contributed by atoms with Crippen molar-refractivity contribution in [2.75, 3.05) is 0 Å². The lowest BCUT2D eigenvalue weighted by atomic mass is 10.3. The summed E-state index contributed by atoms with van der Waals surface area (Å²) in [5, 5.41) is 0.230. The largest absolute Gasteiger partial charge is 0.269 e. The number of nitrogens with zero attached hydrogens (tertiary/aromatic N) is 2. The second-order valence-corrected chi connectivity index (χ2v) is 3.24. The lowest BCUT2D eigenvalue weighted by Gasteiger charge is -2.00. The normalized spacial score (nSPS) is 10.6. The van der Waals surface area contributed by atoms with E-state index in [2.05, 4.69) is 4.98 Å². The van der Waals surface area contributed by atoms with E-state index in [1.165, 1.54) is 10.5 Å². The number of halogens is 1. The summed E-state index contributed by atoms with van der Waals surface area (Å²) >= 11 is 5.64. The van der Waals surface area contributed by atoms with Gasteiger partial charge in [0.25, 0.3) is 5.56 Å². The van der Waals surface area contributed by atoms with Gasteiger partial charge in [-0.25, -0.2) is 4.98 Å². The summed E-state index contributed by atoms with van der Waals surface area (Å²) in [6.45, 7) is 1.92. The number of pyridine rings is 1. The first-order chi connectivity index (χ1) is 6.16. The fraction of sp³-hybridized carbons (Fsp3) is 0.111. The molecule has 13 heavy (non-hydrogen) atoms. The van der Waals surface area contributed by atoms with Crippen molar-refractivity contribution < 1.29 is 0 Å². The zero-order valence-corrected chi connectivity index (χ0v) is 7.75. The second-order valence-electron chi connectivity index (χ2n) is 2.85. The average molecular weight is 195 g/mol. The molecule has 66 valence electrons. The molecule has 0 amide bonds. The van der Waals surface area contributed by atoms with Gasteiger partial charge in [0.1, 0.15) is 10.8 Å². The number of rotatable bonds is 0. The Morgan fingerprint density at radius 2 is 2.23 bits per heavy atom. The van der Waals surface area contributed by atoms with E-state index in [0.29, 0.717) is 5.65 Å². The van der Waals surface area contributed by atoms with Crippen LogP contribution in [-0.2, 0) is 0 Å². The summed E-state index contributed by atoms with van der Waals surface area (Å²) in [5.74, 6) is 0. The minimum atomic E-state index is -0.154. The topological polar surface area (TPSA) is 34.4 Å². The van der Waals surface area contributed by atoms with Crippen molar-refractivity contribution in [1.29, 1.82) is 0 Å². The predicted molar refractivity (Wildman–Crippen MR) is 51.2 cm³/mol. The summed E-state index contributed by atoms with van der Waals surface area (Å²) < 4.78 is 1.47. The van der Waals surface area contributed by atoms with Gasteiger partial charge in [-0.1, -0.05) is 17.7 Å². The Labute approximate surface area is 79.6 Å². The van der Waals surface area contributed by atoms with Gasteiger partial charge in [0.15, 0.2) is 0 Å². The molecule has 2 aromatic rings. The fourth-order valence-corrected chi connectivity index (χ4v) is 1.36. The van der Waals surface area contributed by atoms with E-state index >= 15 is 0 Å². The Morgan fingerprint density at radius 1 is 1.46 bits per heavy atom. The smallest absolute Gasteiger partial charge is 0.259 e. The average Bonchev–Trinajstić information content (AvgIpc) is 2.06. The van der Waals surface area contributed by atoms with E-state index in [-0.39, 0.29) is 10.7 Å². The third-order valence-corrected chi connectivity index (χ3v) is 1.97. The molecule has 0 saturated heterocycles. The number of fused-ring (bicyclic) bond motifs is 1. The number of hydrogen-bond donors (Lipinski definition) is 0. The monoisotopic (exact) mass is 194 g/mol. The van der Waals surface area contributed by atoms with Crippen LogP contribution >= 0.6 is 11.6 Å². The Hall–Kier alpha value is -1.35. The SMILES string of the molecule is Cc1ccc2nc(Cl)cc(=O)n2c1. The van der Waals surface area contributed by atoms with Gasteiger partial charge in [0.2, 0.25) is 0 Å². The number of hydrogen-bond acceptors (Lipinski definition) is 2. The van der Waals surface area contributed by atoms with Crippen molar-refractivity contribution in [2.24, 2.45) is 0 Å². The second kappa shape index (κ2) is 2.85. The lowest BCUT2D eigenvalue weighted by molar-refractivity contribution is 1.03. The van der Waals surface area contributed by atoms with Crippen molar-refractivity contribution in [3.63, 3.8) is 0 Å². The van der Waals surface area contributed by atoms with Gasteiger partial charge in [-0.05, 0) is 18.6 Å². The van der Waals surface area contributed by atoms with Crippen LogP contribution in [0.3, 0.4) is 0 Å². The van der Waals surface area contributed by atoms with Gasteiger partial charge in [0.05, 0.1) is 0 Å². The maximum atomic E-state index is 11.4. The number of aromatic nitrogens is 2. The molecule has 0 fully saturated rings. The van der Waals surface area contributed by atoms with Gasteiger partial charge in [0, 0.05) is 12.3 Å². The van der Waals surface area contributed by atoms with Crippen LogP contribution in [0.5, 0.6) is 0 Å². The maximum Gasteiger partial charge on any atom is 0.259 e. The molecule has 0 aliphatic carbocycles. The van der Waals surface area contributed by atoms with E-state index in [0.717, 1.165) is 5.56 Å². The molecule has 4 heteroatoms. The summed E-state index contributed by atoms with van der Waals surface area (Å²) in [7, 11) is 0. The summed E-state index contributed by atoms with van der Waals surface area (Å²) in [4.78, 5) is 15.4. The Balaban J connectivity index is 2.95. The van der Waals surface area contributed by atoms with E-state index in [4.69, 9.17) is 11.6 Å². The molecule has 2 rings (SSSR count). The van der Waals surface area contributed by atoms with Crippen molar-refractivity contribution in [3.05, 3.63) is 45.5 Å². The Kier molecular flexibility index (Phi) is 1.81. The molecule has 0 unspecified atom stereocenters. The summed E-state index contributed by atoms with van der Waals surface area (Å²) in [6, 6.07) is 4.95. The summed E-state index contributed by atoms with van der Waals surface area (Å²) in [6.07, 6.45) is 1.74. The molecule has 2 aromatic heterocycles. The molecule has 0 bridgehead atoms. The highest BCUT2D eigenvalue weighted by Gasteiger charge is 1.99. The molecule has 3 nitrogen and oxygen atoms in total. The van der Waals surface area contributed by atoms with Gasteiger partial charge in [-0.3, -0.25) is 9.20 Å². The highest BCUT2D eigenvalue weighted by Crippen LogP contribution is 2.05. The van der Waals surface area contributed by atoms with E-state index in [9.17, 15) is 4.79 Å². The van der Waals surface area contributed by atoms with Crippen LogP contribution in [0, 0.1) is 6.92 Å². The molecule has 0 saturated carbocycles. The molecular formula is C9H7ClN2O. The first-order valence-corrected chi connectivity index (χ1v) is 4.20. The molecule has 2 heterocycles. The molecular weight excluding hydrogens is 188 g/mol. The van der Waals surface area contributed by atoms with Gasteiger partial charge >= 0.3 is 0 Å². The zero-order chi connectivity index (χ0) is 9.42. The van der Waals surface area contributed by atoms with Crippen LogP contribution in [0.4, 0.5) is 0 Å². The van der Waals surface area contributed by atoms with Gasteiger partial charge in [-0.15, -0.1) is 0 Å². The van der Waals surface area contributed by atoms with Crippen molar-refractivity contribution in [1.82, 2.24) is 9.38 Å². The van der Waals surface area contributed by atoms with Crippen molar-refractivity contribution in [2.45, 2.75) is 6.92 Å². The van der Waals surface area contributed by atoms with E-state index in [1.807, 2.05) is 13.0 Å². The molecule has 0 aliphatic rings. The minimum absolute atomic E-state index is 0.154. The van der Waals surface area contributed by atoms with Crippen LogP contribution in [0.2, 0.25) is 5.15 Å². The summed E-state index contributed by atoms with van der Waals surface area (Å²) in [5.41, 5.74) is 1.43. The van der Waals surface area contributed by atoms with Crippen LogP contribution in [0.15, 0.2) is 29.2 Å². The molecule has 0 atom stereocenters.